The maximum absolute atomic E-state index is 14.6. The lowest BCUT2D eigenvalue weighted by Gasteiger charge is -2.37. The third-order valence-electron chi connectivity index (χ3n) is 7.98. The minimum Gasteiger partial charge on any atom is -0.458 e. The van der Waals surface area contributed by atoms with Crippen molar-refractivity contribution in [3.63, 3.8) is 0 Å². The van der Waals surface area contributed by atoms with Crippen LogP contribution in [0.3, 0.4) is 0 Å². The normalized spacial score (nSPS) is 14.3. The van der Waals surface area contributed by atoms with Crippen molar-refractivity contribution in [1.82, 2.24) is 15.5 Å². The molecule has 0 aliphatic rings. The van der Waals surface area contributed by atoms with Gasteiger partial charge < -0.3 is 25.0 Å². The number of hydrogen-bond donors (Lipinski definition) is 2. The highest BCUT2D eigenvalue weighted by Gasteiger charge is 2.40. The van der Waals surface area contributed by atoms with Crippen LogP contribution in [0.1, 0.15) is 110 Å². The average molecular weight is 652 g/mol. The molecule has 260 valence electrons. The number of esters is 1. The quantitative estimate of drug-likeness (QED) is 0.213. The van der Waals surface area contributed by atoms with Crippen LogP contribution >= 0.6 is 0 Å². The fourth-order valence-electron chi connectivity index (χ4n) is 5.18. The largest absolute Gasteiger partial charge is 0.458 e. The van der Waals surface area contributed by atoms with Crippen LogP contribution in [0.5, 0.6) is 0 Å². The number of nitrogens with one attached hydrogen (secondary N) is 2. The lowest BCUT2D eigenvalue weighted by molar-refractivity contribution is -0.159. The van der Waals surface area contributed by atoms with Gasteiger partial charge in [0.1, 0.15) is 29.3 Å². The maximum Gasteiger partial charge on any atom is 0.408 e. The molecule has 0 saturated carbocycles. The summed E-state index contributed by atoms with van der Waals surface area (Å²) in [6, 6.07) is 12.0. The van der Waals surface area contributed by atoms with E-state index in [0.717, 1.165) is 23.1 Å². The molecule has 9 nitrogen and oxygen atoms in total. The van der Waals surface area contributed by atoms with Crippen LogP contribution < -0.4 is 10.6 Å². The zero-order chi connectivity index (χ0) is 35.5. The van der Waals surface area contributed by atoms with E-state index in [-0.39, 0.29) is 18.9 Å². The van der Waals surface area contributed by atoms with Gasteiger partial charge in [-0.1, -0.05) is 82.1 Å². The van der Waals surface area contributed by atoms with Crippen LogP contribution in [-0.4, -0.2) is 58.6 Å². The topological polar surface area (TPSA) is 114 Å². The van der Waals surface area contributed by atoms with E-state index in [0.29, 0.717) is 18.4 Å². The van der Waals surface area contributed by atoms with Crippen molar-refractivity contribution in [2.75, 3.05) is 6.54 Å². The second kappa shape index (κ2) is 17.3. The number of amides is 3. The Morgan fingerprint density at radius 3 is 2.00 bits per heavy atom. The number of benzene rings is 2. The van der Waals surface area contributed by atoms with E-state index in [2.05, 4.69) is 10.6 Å². The van der Waals surface area contributed by atoms with Crippen molar-refractivity contribution in [3.05, 3.63) is 70.8 Å². The molecule has 0 aromatic heterocycles. The number of carbonyl (C=O) groups is 4. The smallest absolute Gasteiger partial charge is 0.408 e. The van der Waals surface area contributed by atoms with E-state index in [1.807, 2.05) is 83.1 Å². The van der Waals surface area contributed by atoms with E-state index >= 15 is 0 Å². The lowest BCUT2D eigenvalue weighted by atomic mass is 9.92. The Morgan fingerprint density at radius 1 is 0.830 bits per heavy atom. The maximum atomic E-state index is 14.6. The van der Waals surface area contributed by atoms with Crippen molar-refractivity contribution in [3.8, 4) is 0 Å². The van der Waals surface area contributed by atoms with Gasteiger partial charge in [-0.2, -0.15) is 0 Å². The first-order valence-corrected chi connectivity index (χ1v) is 16.8. The highest BCUT2D eigenvalue weighted by atomic mass is 16.6. The zero-order valence-electron chi connectivity index (χ0n) is 30.4. The van der Waals surface area contributed by atoms with Crippen LogP contribution in [0.15, 0.2) is 48.5 Å². The number of aryl methyl sites for hydroxylation is 1. The van der Waals surface area contributed by atoms with Crippen LogP contribution in [0.4, 0.5) is 4.79 Å². The van der Waals surface area contributed by atoms with Crippen molar-refractivity contribution >= 4 is 23.9 Å². The minimum absolute atomic E-state index is 0.208. The third-order valence-corrected chi connectivity index (χ3v) is 7.98. The fourth-order valence-corrected chi connectivity index (χ4v) is 5.18. The molecular formula is C38H57N3O6. The van der Waals surface area contributed by atoms with Gasteiger partial charge in [0, 0.05) is 13.0 Å². The van der Waals surface area contributed by atoms with Crippen molar-refractivity contribution in [1.29, 1.82) is 0 Å². The molecule has 0 fully saturated rings. The van der Waals surface area contributed by atoms with Gasteiger partial charge in [-0.25, -0.2) is 9.59 Å². The molecule has 0 bridgehead atoms. The molecule has 4 atom stereocenters. The van der Waals surface area contributed by atoms with Gasteiger partial charge in [0.25, 0.3) is 0 Å². The molecule has 0 aliphatic carbocycles. The molecule has 0 aliphatic heterocycles. The van der Waals surface area contributed by atoms with Crippen LogP contribution in [0, 0.1) is 19.8 Å². The van der Waals surface area contributed by atoms with Gasteiger partial charge in [0.15, 0.2) is 0 Å². The predicted octanol–water partition coefficient (Wildman–Crippen LogP) is 6.98. The number of alkyl carbamates (subject to hydrolysis) is 1. The summed E-state index contributed by atoms with van der Waals surface area (Å²) in [5.74, 6) is -1.72. The third kappa shape index (κ3) is 12.3. The Hall–Kier alpha value is -3.88. The first-order valence-electron chi connectivity index (χ1n) is 16.8. The van der Waals surface area contributed by atoms with Gasteiger partial charge >= 0.3 is 12.1 Å². The molecule has 2 rings (SSSR count). The standard InChI is InChI=1S/C38H57N3O6/c1-12-14-23-41(34(43)31(25(3)13-2)40-36(45)47-38(9,10)11)32(29-22-18-19-26(4)27(29)5)33(42)39-30(35(44)46-37(6,7)8)24-28-20-16-15-17-21-28/h15-22,25,30-32H,12-14,23-24H2,1-11H3,(H,39,42)(H,40,45). The number of rotatable bonds is 14. The molecule has 0 heterocycles. The van der Waals surface area contributed by atoms with Crippen molar-refractivity contribution in [2.45, 2.75) is 131 Å². The number of unbranched alkanes of at least 4 members (excludes halogenated alkanes) is 1. The molecule has 4 unspecified atom stereocenters. The summed E-state index contributed by atoms with van der Waals surface area (Å²) >= 11 is 0. The molecule has 2 N–H and O–H groups in total. The lowest BCUT2D eigenvalue weighted by Crippen LogP contribution is -2.56. The minimum atomic E-state index is -1.08. The number of carbonyl (C=O) groups excluding carboxylic acids is 4. The summed E-state index contributed by atoms with van der Waals surface area (Å²) in [6.07, 6.45) is 1.50. The van der Waals surface area contributed by atoms with E-state index in [4.69, 9.17) is 9.47 Å². The molecular weight excluding hydrogens is 594 g/mol. The molecule has 0 saturated heterocycles. The molecule has 3 amide bonds. The molecule has 0 spiro atoms. The van der Waals surface area contributed by atoms with Gasteiger partial charge in [0.2, 0.25) is 11.8 Å². The van der Waals surface area contributed by atoms with E-state index < -0.39 is 53.2 Å². The Labute approximate surface area is 282 Å². The number of hydrogen-bond acceptors (Lipinski definition) is 6. The van der Waals surface area contributed by atoms with Gasteiger partial charge in [-0.3, -0.25) is 9.59 Å². The van der Waals surface area contributed by atoms with Gasteiger partial charge in [-0.05, 0) is 90.0 Å². The molecule has 47 heavy (non-hydrogen) atoms. The predicted molar refractivity (Wildman–Crippen MR) is 186 cm³/mol. The van der Waals surface area contributed by atoms with Crippen molar-refractivity contribution in [2.24, 2.45) is 5.92 Å². The second-order valence-corrected chi connectivity index (χ2v) is 14.4. The first-order chi connectivity index (χ1) is 21.9. The highest BCUT2D eigenvalue weighted by molar-refractivity contribution is 5.94. The summed E-state index contributed by atoms with van der Waals surface area (Å²) in [7, 11) is 0. The number of nitrogens with zero attached hydrogens (tertiary/aromatic N) is 1. The monoisotopic (exact) mass is 651 g/mol. The zero-order valence-corrected chi connectivity index (χ0v) is 30.4. The Morgan fingerprint density at radius 2 is 1.45 bits per heavy atom. The summed E-state index contributed by atoms with van der Waals surface area (Å²) in [6.45, 7) is 20.6. The van der Waals surface area contributed by atoms with E-state index in [1.165, 1.54) is 0 Å². The molecule has 9 heteroatoms. The summed E-state index contributed by atoms with van der Waals surface area (Å²) in [4.78, 5) is 57.4. The summed E-state index contributed by atoms with van der Waals surface area (Å²) in [5.41, 5.74) is 1.79. The fraction of sp³-hybridized carbons (Fsp3) is 0.579. The molecule has 0 radical (unpaired) electrons. The van der Waals surface area contributed by atoms with E-state index in [9.17, 15) is 19.2 Å². The Kier molecular flexibility index (Phi) is 14.5. The SMILES string of the molecule is CCCCN(C(=O)C(NC(=O)OC(C)(C)C)C(C)CC)C(C(=O)NC(Cc1ccccc1)C(=O)OC(C)(C)C)c1cccc(C)c1C. The number of ether oxygens (including phenoxy) is 2. The Balaban J connectivity index is 2.68. The van der Waals surface area contributed by atoms with Gasteiger partial charge in [-0.15, -0.1) is 0 Å². The summed E-state index contributed by atoms with van der Waals surface area (Å²) < 4.78 is 11.3. The van der Waals surface area contributed by atoms with Crippen LogP contribution in [0.2, 0.25) is 0 Å². The molecule has 2 aromatic rings. The summed E-state index contributed by atoms with van der Waals surface area (Å²) in [5, 5.41) is 5.79. The van der Waals surface area contributed by atoms with Crippen LogP contribution in [-0.2, 0) is 30.3 Å². The van der Waals surface area contributed by atoms with Gasteiger partial charge in [0.05, 0.1) is 0 Å². The first kappa shape index (κ1) is 39.3. The second-order valence-electron chi connectivity index (χ2n) is 14.4. The van der Waals surface area contributed by atoms with Crippen molar-refractivity contribution < 1.29 is 28.7 Å². The molecule has 2 aromatic carbocycles. The Bertz CT molecular complexity index is 1350. The highest BCUT2D eigenvalue weighted by Crippen LogP contribution is 2.29. The van der Waals surface area contributed by atoms with Crippen LogP contribution in [0.25, 0.3) is 0 Å². The average Bonchev–Trinajstić information content (AvgIpc) is 2.97. The van der Waals surface area contributed by atoms with E-state index in [1.54, 1.807) is 46.4 Å².